The van der Waals surface area contributed by atoms with Gasteiger partial charge in [0, 0.05) is 37.9 Å². The maximum Gasteiger partial charge on any atom is 0.410 e. The van der Waals surface area contributed by atoms with Crippen LogP contribution in [0.4, 0.5) is 4.79 Å². The number of allylic oxidation sites excluding steroid dienone is 6. The molecule has 2 amide bonds. The Hall–Kier alpha value is -3.67. The molecule has 2 unspecified atom stereocenters. The van der Waals surface area contributed by atoms with E-state index < -0.39 is 0 Å². The van der Waals surface area contributed by atoms with E-state index in [1.807, 2.05) is 67.4 Å². The lowest BCUT2D eigenvalue weighted by Crippen LogP contribution is -2.45. The summed E-state index contributed by atoms with van der Waals surface area (Å²) in [6.07, 6.45) is 13.7. The van der Waals surface area contributed by atoms with Crippen LogP contribution in [0.1, 0.15) is 61.6 Å². The van der Waals surface area contributed by atoms with Crippen LogP contribution >= 0.6 is 0 Å². The van der Waals surface area contributed by atoms with Gasteiger partial charge in [-0.1, -0.05) is 67.6 Å². The van der Waals surface area contributed by atoms with Crippen LogP contribution in [0.2, 0.25) is 0 Å². The van der Waals surface area contributed by atoms with E-state index in [4.69, 9.17) is 4.74 Å². The van der Waals surface area contributed by atoms with E-state index >= 15 is 0 Å². The predicted octanol–water partition coefficient (Wildman–Crippen LogP) is 6.52. The second-order valence-electron chi connectivity index (χ2n) is 11.0. The number of ether oxygens (including phenoxy) is 1. The number of carbonyl (C=O) groups excluding carboxylic acids is 2. The van der Waals surface area contributed by atoms with Crippen molar-refractivity contribution >= 4 is 17.6 Å². The molecule has 2 atom stereocenters. The first-order valence-electron chi connectivity index (χ1n) is 14.3. The molecule has 0 N–H and O–H groups in total. The van der Waals surface area contributed by atoms with Gasteiger partial charge in [-0.25, -0.2) is 4.79 Å². The van der Waals surface area contributed by atoms with E-state index in [0.29, 0.717) is 50.3 Å². The van der Waals surface area contributed by atoms with Crippen molar-refractivity contribution in [2.24, 2.45) is 17.3 Å². The number of hydrogen-bond acceptors (Lipinski definition) is 4. The summed E-state index contributed by atoms with van der Waals surface area (Å²) in [5.74, 6) is 0.831. The van der Waals surface area contributed by atoms with Gasteiger partial charge in [0.1, 0.15) is 12.3 Å². The number of likely N-dealkylation sites (tertiary alicyclic amines) is 1. The molecule has 1 spiro atoms. The van der Waals surface area contributed by atoms with Crippen LogP contribution in [0, 0.1) is 17.3 Å². The molecule has 39 heavy (non-hydrogen) atoms. The van der Waals surface area contributed by atoms with Gasteiger partial charge in [-0.15, -0.1) is 0 Å². The maximum absolute atomic E-state index is 12.8. The van der Waals surface area contributed by atoms with Gasteiger partial charge in [-0.05, 0) is 73.1 Å². The lowest BCUT2D eigenvalue weighted by atomic mass is 9.60. The van der Waals surface area contributed by atoms with E-state index in [2.05, 4.69) is 36.2 Å². The molecule has 1 aliphatic heterocycles. The lowest BCUT2D eigenvalue weighted by molar-refractivity contribution is 0.0658. The average Bonchev–Trinajstić information content (AvgIpc) is 2.98. The minimum atomic E-state index is -0.235. The molecule has 1 saturated heterocycles. The van der Waals surface area contributed by atoms with Crippen molar-refractivity contribution in [1.29, 1.82) is 0 Å². The highest BCUT2D eigenvalue weighted by Gasteiger charge is 2.43. The summed E-state index contributed by atoms with van der Waals surface area (Å²) in [5.41, 5.74) is 5.12. The monoisotopic (exact) mass is 525 g/mol. The molecule has 2 aromatic rings. The molecule has 1 aromatic heterocycles. The summed E-state index contributed by atoms with van der Waals surface area (Å²) in [6.45, 7) is 9.27. The van der Waals surface area contributed by atoms with Crippen LogP contribution in [0.5, 0.6) is 0 Å². The van der Waals surface area contributed by atoms with Gasteiger partial charge in [0.2, 0.25) is 0 Å². The van der Waals surface area contributed by atoms with Crippen LogP contribution < -0.4 is 0 Å². The van der Waals surface area contributed by atoms with Crippen LogP contribution in [0.15, 0.2) is 78.5 Å². The Kier molecular flexibility index (Phi) is 8.01. The van der Waals surface area contributed by atoms with Crippen molar-refractivity contribution in [3.05, 3.63) is 95.4 Å². The van der Waals surface area contributed by atoms with Crippen molar-refractivity contribution < 1.29 is 14.3 Å². The van der Waals surface area contributed by atoms with Gasteiger partial charge < -0.3 is 14.5 Å². The van der Waals surface area contributed by atoms with Gasteiger partial charge in [0.05, 0.1) is 0 Å². The van der Waals surface area contributed by atoms with Crippen molar-refractivity contribution in [1.82, 2.24) is 14.8 Å². The van der Waals surface area contributed by atoms with Crippen molar-refractivity contribution in [2.75, 3.05) is 26.2 Å². The van der Waals surface area contributed by atoms with E-state index in [1.54, 1.807) is 4.90 Å². The summed E-state index contributed by atoms with van der Waals surface area (Å²) in [5, 5.41) is 0. The average molecular weight is 526 g/mol. The normalized spacial score (nSPS) is 21.6. The van der Waals surface area contributed by atoms with Gasteiger partial charge in [0.25, 0.3) is 5.91 Å². The number of hydrogen-bond donors (Lipinski definition) is 0. The third kappa shape index (κ3) is 5.70. The zero-order valence-electron chi connectivity index (χ0n) is 23.3. The zero-order chi connectivity index (χ0) is 27.4. The van der Waals surface area contributed by atoms with Gasteiger partial charge >= 0.3 is 6.09 Å². The van der Waals surface area contributed by atoms with Crippen molar-refractivity contribution in [3.8, 4) is 0 Å². The Morgan fingerprint density at radius 3 is 2.49 bits per heavy atom. The Bertz CT molecular complexity index is 1270. The summed E-state index contributed by atoms with van der Waals surface area (Å²) in [4.78, 5) is 33.9. The third-order valence-corrected chi connectivity index (χ3v) is 8.68. The van der Waals surface area contributed by atoms with E-state index in [0.717, 1.165) is 30.4 Å². The molecule has 1 fully saturated rings. The molecule has 5 rings (SSSR count). The summed E-state index contributed by atoms with van der Waals surface area (Å²) in [7, 11) is 0. The Morgan fingerprint density at radius 2 is 1.82 bits per heavy atom. The topological polar surface area (TPSA) is 62.7 Å². The zero-order valence-corrected chi connectivity index (χ0v) is 23.3. The highest BCUT2D eigenvalue weighted by Crippen LogP contribution is 2.52. The number of carbonyl (C=O) groups is 2. The molecule has 2 aliphatic carbocycles. The maximum atomic E-state index is 12.8. The fourth-order valence-electron chi connectivity index (χ4n) is 6.24. The fourth-order valence-corrected chi connectivity index (χ4v) is 6.24. The molecule has 1 aromatic carbocycles. The number of aromatic nitrogens is 1. The summed E-state index contributed by atoms with van der Waals surface area (Å²) in [6, 6.07) is 13.7. The van der Waals surface area contributed by atoms with Crippen LogP contribution in [0.3, 0.4) is 0 Å². The Balaban J connectivity index is 1.34. The molecule has 204 valence electrons. The number of nitrogens with zero attached hydrogens (tertiary/aromatic N) is 3. The first-order chi connectivity index (χ1) is 18.9. The van der Waals surface area contributed by atoms with Gasteiger partial charge in [-0.2, -0.15) is 0 Å². The van der Waals surface area contributed by atoms with Crippen molar-refractivity contribution in [2.45, 2.75) is 46.6 Å². The predicted molar refractivity (Wildman–Crippen MR) is 154 cm³/mol. The first kappa shape index (κ1) is 26.9. The van der Waals surface area contributed by atoms with Crippen LogP contribution in [-0.4, -0.2) is 53.0 Å². The minimum absolute atomic E-state index is 0.0166. The molecule has 2 heterocycles. The highest BCUT2D eigenvalue weighted by atomic mass is 16.6. The second kappa shape index (κ2) is 11.6. The summed E-state index contributed by atoms with van der Waals surface area (Å²) < 4.78 is 5.61. The van der Waals surface area contributed by atoms with Crippen LogP contribution in [0.25, 0.3) is 5.57 Å². The van der Waals surface area contributed by atoms with Gasteiger partial charge in [0.15, 0.2) is 0 Å². The molecular weight excluding hydrogens is 486 g/mol. The highest BCUT2D eigenvalue weighted by molar-refractivity contribution is 5.93. The molecule has 6 nitrogen and oxygen atoms in total. The quantitative estimate of drug-likeness (QED) is 0.431. The lowest BCUT2D eigenvalue weighted by Gasteiger charge is -2.47. The Labute approximate surface area is 232 Å². The molecule has 0 saturated carbocycles. The fraction of sp³-hybridized carbons (Fsp3) is 0.424. The number of pyridine rings is 1. The molecular formula is C33H39N3O3. The first-order valence-corrected chi connectivity index (χ1v) is 14.3. The van der Waals surface area contributed by atoms with Crippen LogP contribution in [-0.2, 0) is 11.3 Å². The molecule has 6 heteroatoms. The molecule has 0 bridgehead atoms. The second-order valence-corrected chi connectivity index (χ2v) is 11.0. The van der Waals surface area contributed by atoms with E-state index in [-0.39, 0.29) is 17.4 Å². The third-order valence-electron chi connectivity index (χ3n) is 8.68. The van der Waals surface area contributed by atoms with Crippen molar-refractivity contribution in [3.63, 3.8) is 0 Å². The SMILES string of the molecule is CCN(CC)C(=O)c1ccc(C2=CC3(CCN(C(=O)OCc4ccccc4)CC3)CC3C2=CC=CC3C)cn1. The summed E-state index contributed by atoms with van der Waals surface area (Å²) >= 11 is 0. The molecule has 0 radical (unpaired) electrons. The number of rotatable bonds is 6. The number of piperidine rings is 1. The molecule has 3 aliphatic rings. The smallest absolute Gasteiger partial charge is 0.410 e. The standard InChI is InChI=1S/C33H39N3O3/c1-4-35(5-2)31(37)30-15-14-26(22-34-30)29-21-33(20-28-24(3)10-9-13-27(28)29)16-18-36(19-17-33)32(38)39-23-25-11-7-6-8-12-25/h6-15,21-22,24,28H,4-5,16-20,23H2,1-3H3. The van der Waals surface area contributed by atoms with E-state index in [9.17, 15) is 9.59 Å². The number of fused-ring (bicyclic) bond motifs is 1. The Morgan fingerprint density at radius 1 is 1.08 bits per heavy atom. The minimum Gasteiger partial charge on any atom is -0.445 e. The number of amides is 2. The van der Waals surface area contributed by atoms with E-state index in [1.165, 1.54) is 11.1 Å². The number of benzene rings is 1. The largest absolute Gasteiger partial charge is 0.445 e. The van der Waals surface area contributed by atoms with Gasteiger partial charge in [-0.3, -0.25) is 9.78 Å².